The van der Waals surface area contributed by atoms with E-state index in [1.807, 2.05) is 6.07 Å². The molecule has 0 bridgehead atoms. The largest absolute Gasteiger partial charge is 0.398 e. The molecule has 0 aliphatic heterocycles. The topological polar surface area (TPSA) is 49.8 Å². The van der Waals surface area contributed by atoms with Gasteiger partial charge in [-0.1, -0.05) is 15.9 Å². The number of halogens is 2. The Morgan fingerprint density at radius 1 is 1.58 bits per heavy atom. The van der Waals surface area contributed by atoms with Gasteiger partial charge in [0.2, 0.25) is 0 Å². The van der Waals surface area contributed by atoms with Gasteiger partial charge in [0.15, 0.2) is 0 Å². The monoisotopic (exact) mass is 228 g/mol. The molecule has 0 fully saturated rings. The smallest absolute Gasteiger partial charge is 0.126 e. The molecule has 1 rings (SSSR count). The molecule has 0 heterocycles. The quantitative estimate of drug-likeness (QED) is 0.750. The van der Waals surface area contributed by atoms with E-state index in [1.165, 1.54) is 12.1 Å². The number of rotatable bonds is 1. The maximum Gasteiger partial charge on any atom is 0.126 e. The van der Waals surface area contributed by atoms with Crippen molar-refractivity contribution in [1.29, 1.82) is 5.26 Å². The Hall–Kier alpha value is -1.08. The summed E-state index contributed by atoms with van der Waals surface area (Å²) in [6.07, 6.45) is 0.187. The van der Waals surface area contributed by atoms with Crippen molar-refractivity contribution >= 4 is 21.6 Å². The molecule has 0 aromatic heterocycles. The Balaban J connectivity index is 3.21. The summed E-state index contributed by atoms with van der Waals surface area (Å²) < 4.78 is 13.2. The van der Waals surface area contributed by atoms with Crippen LogP contribution in [0.4, 0.5) is 10.1 Å². The molecule has 0 spiro atoms. The Labute approximate surface area is 77.9 Å². The van der Waals surface area contributed by atoms with Gasteiger partial charge >= 0.3 is 0 Å². The zero-order valence-electron chi connectivity index (χ0n) is 6.14. The maximum absolute atomic E-state index is 12.7. The van der Waals surface area contributed by atoms with Crippen molar-refractivity contribution < 1.29 is 4.39 Å². The van der Waals surface area contributed by atoms with Crippen molar-refractivity contribution in [2.75, 3.05) is 5.73 Å². The van der Waals surface area contributed by atoms with Gasteiger partial charge < -0.3 is 5.73 Å². The van der Waals surface area contributed by atoms with E-state index in [4.69, 9.17) is 11.0 Å². The molecule has 0 amide bonds. The van der Waals surface area contributed by atoms with E-state index in [0.717, 1.165) is 0 Å². The lowest BCUT2D eigenvalue weighted by Gasteiger charge is -2.03. The van der Waals surface area contributed by atoms with Crippen LogP contribution in [0, 0.1) is 17.1 Å². The normalized spacial score (nSPS) is 9.42. The van der Waals surface area contributed by atoms with Crippen LogP contribution in [-0.2, 0) is 6.42 Å². The van der Waals surface area contributed by atoms with E-state index in [9.17, 15) is 4.39 Å². The zero-order chi connectivity index (χ0) is 9.14. The van der Waals surface area contributed by atoms with Gasteiger partial charge in [-0.25, -0.2) is 4.39 Å². The predicted octanol–water partition coefficient (Wildman–Crippen LogP) is 2.24. The molecular weight excluding hydrogens is 223 g/mol. The minimum Gasteiger partial charge on any atom is -0.398 e. The van der Waals surface area contributed by atoms with E-state index in [-0.39, 0.29) is 6.42 Å². The van der Waals surface area contributed by atoms with Crippen molar-refractivity contribution in [2.24, 2.45) is 0 Å². The zero-order valence-corrected chi connectivity index (χ0v) is 7.73. The number of nitrogens with two attached hydrogens (primary N) is 1. The third-order valence-electron chi connectivity index (χ3n) is 1.45. The first kappa shape index (κ1) is 9.01. The van der Waals surface area contributed by atoms with Gasteiger partial charge in [-0.15, -0.1) is 0 Å². The van der Waals surface area contributed by atoms with Gasteiger partial charge in [0, 0.05) is 15.7 Å². The van der Waals surface area contributed by atoms with Gasteiger partial charge in [0.1, 0.15) is 5.82 Å². The standard InChI is InChI=1S/C8H6BrFN2/c9-7-3-5(10)4-8(12)6(7)1-2-11/h3-4H,1,12H2. The molecule has 0 radical (unpaired) electrons. The van der Waals surface area contributed by atoms with Gasteiger partial charge in [-0.05, 0) is 12.1 Å². The Morgan fingerprint density at radius 3 is 2.75 bits per heavy atom. The van der Waals surface area contributed by atoms with Crippen LogP contribution < -0.4 is 5.73 Å². The highest BCUT2D eigenvalue weighted by atomic mass is 79.9. The molecule has 0 unspecified atom stereocenters. The molecule has 62 valence electrons. The molecule has 0 saturated carbocycles. The highest BCUT2D eigenvalue weighted by molar-refractivity contribution is 9.10. The van der Waals surface area contributed by atoms with Crippen molar-refractivity contribution in [3.63, 3.8) is 0 Å². The summed E-state index contributed by atoms with van der Waals surface area (Å²) in [5.74, 6) is -0.402. The van der Waals surface area contributed by atoms with E-state index >= 15 is 0 Å². The third-order valence-corrected chi connectivity index (χ3v) is 2.16. The van der Waals surface area contributed by atoms with Crippen molar-refractivity contribution in [3.8, 4) is 6.07 Å². The lowest BCUT2D eigenvalue weighted by molar-refractivity contribution is 0.627. The van der Waals surface area contributed by atoms with Crippen LogP contribution in [0.15, 0.2) is 16.6 Å². The molecule has 0 aliphatic rings. The molecule has 4 heteroatoms. The van der Waals surface area contributed by atoms with Gasteiger partial charge in [-0.2, -0.15) is 5.26 Å². The summed E-state index contributed by atoms with van der Waals surface area (Å²) in [6, 6.07) is 4.45. The predicted molar refractivity (Wildman–Crippen MR) is 47.8 cm³/mol. The van der Waals surface area contributed by atoms with Crippen LogP contribution in [0.25, 0.3) is 0 Å². The van der Waals surface area contributed by atoms with Crippen LogP contribution in [0.3, 0.4) is 0 Å². The number of anilines is 1. The summed E-state index contributed by atoms with van der Waals surface area (Å²) in [5, 5.41) is 8.42. The SMILES string of the molecule is N#CCc1c(N)cc(F)cc1Br. The Kier molecular flexibility index (Phi) is 2.66. The highest BCUT2D eigenvalue weighted by Gasteiger charge is 2.05. The average molecular weight is 229 g/mol. The fourth-order valence-electron chi connectivity index (χ4n) is 0.889. The number of hydrogen-bond donors (Lipinski definition) is 1. The molecule has 0 atom stereocenters. The molecule has 0 saturated heterocycles. The van der Waals surface area contributed by atoms with Crippen molar-refractivity contribution in [3.05, 3.63) is 28.0 Å². The fraction of sp³-hybridized carbons (Fsp3) is 0.125. The van der Waals surface area contributed by atoms with E-state index in [2.05, 4.69) is 15.9 Å². The summed E-state index contributed by atoms with van der Waals surface area (Å²) in [4.78, 5) is 0. The molecule has 2 N–H and O–H groups in total. The molecule has 12 heavy (non-hydrogen) atoms. The maximum atomic E-state index is 12.7. The molecule has 2 nitrogen and oxygen atoms in total. The van der Waals surface area contributed by atoms with Crippen molar-refractivity contribution in [1.82, 2.24) is 0 Å². The van der Waals surface area contributed by atoms with E-state index in [1.54, 1.807) is 0 Å². The number of benzene rings is 1. The molecule has 1 aromatic carbocycles. The molecular formula is C8H6BrFN2. The van der Waals surface area contributed by atoms with E-state index < -0.39 is 5.82 Å². The first-order valence-corrected chi connectivity index (χ1v) is 4.05. The second kappa shape index (κ2) is 3.55. The minimum atomic E-state index is -0.402. The third kappa shape index (κ3) is 1.74. The summed E-state index contributed by atoms with van der Waals surface area (Å²) in [6.45, 7) is 0. The highest BCUT2D eigenvalue weighted by Crippen LogP contribution is 2.24. The molecule has 1 aromatic rings. The summed E-state index contributed by atoms with van der Waals surface area (Å²) in [7, 11) is 0. The fourth-order valence-corrected chi connectivity index (χ4v) is 1.48. The summed E-state index contributed by atoms with van der Waals surface area (Å²) in [5.41, 5.74) is 6.43. The minimum absolute atomic E-state index is 0.187. The first-order chi connectivity index (χ1) is 5.65. The van der Waals surface area contributed by atoms with Crippen LogP contribution in [0.5, 0.6) is 0 Å². The Morgan fingerprint density at radius 2 is 2.25 bits per heavy atom. The average Bonchev–Trinajstić information content (AvgIpc) is 1.96. The van der Waals surface area contributed by atoms with Crippen LogP contribution >= 0.6 is 15.9 Å². The van der Waals surface area contributed by atoms with Crippen LogP contribution in [0.2, 0.25) is 0 Å². The lowest BCUT2D eigenvalue weighted by atomic mass is 10.1. The Bertz CT molecular complexity index is 320. The van der Waals surface area contributed by atoms with Gasteiger partial charge in [0.05, 0.1) is 12.5 Å². The number of nitrogen functional groups attached to an aromatic ring is 1. The van der Waals surface area contributed by atoms with Gasteiger partial charge in [-0.3, -0.25) is 0 Å². The van der Waals surface area contributed by atoms with Crippen LogP contribution in [0.1, 0.15) is 5.56 Å². The molecule has 0 aliphatic carbocycles. The second-order valence-corrected chi connectivity index (χ2v) is 3.14. The lowest BCUT2D eigenvalue weighted by Crippen LogP contribution is -1.95. The van der Waals surface area contributed by atoms with Gasteiger partial charge in [0.25, 0.3) is 0 Å². The number of hydrogen-bond acceptors (Lipinski definition) is 2. The second-order valence-electron chi connectivity index (χ2n) is 2.29. The van der Waals surface area contributed by atoms with Crippen LogP contribution in [-0.4, -0.2) is 0 Å². The number of nitrogens with zero attached hydrogens (tertiary/aromatic N) is 1. The number of nitriles is 1. The summed E-state index contributed by atoms with van der Waals surface area (Å²) >= 11 is 3.13. The van der Waals surface area contributed by atoms with Crippen molar-refractivity contribution in [2.45, 2.75) is 6.42 Å². The van der Waals surface area contributed by atoms with E-state index in [0.29, 0.717) is 15.7 Å². The first-order valence-electron chi connectivity index (χ1n) is 3.25.